The Morgan fingerprint density at radius 1 is 1.06 bits per heavy atom. The fourth-order valence-corrected chi connectivity index (χ4v) is 4.43. The molecule has 17 heavy (non-hydrogen) atoms. The summed E-state index contributed by atoms with van der Waals surface area (Å²) in [5.41, 5.74) is 5.87. The van der Waals surface area contributed by atoms with Crippen LogP contribution in [0.15, 0.2) is 0 Å². The molecule has 0 saturated carbocycles. The summed E-state index contributed by atoms with van der Waals surface area (Å²) in [5.74, 6) is 0.472. The molecule has 100 valence electrons. The van der Waals surface area contributed by atoms with Crippen LogP contribution in [0, 0.1) is 5.92 Å². The Balaban J connectivity index is 1.95. The Morgan fingerprint density at radius 3 is 2.00 bits per heavy atom. The second-order valence-corrected chi connectivity index (χ2v) is 7.14. The highest BCUT2D eigenvalue weighted by molar-refractivity contribution is 7.86. The SMILES string of the molecule is CC(N)C1CCN(S(=O)(=O)N2CCCC2)CC1. The zero-order chi connectivity index (χ0) is 12.5. The van der Waals surface area contributed by atoms with Gasteiger partial charge in [-0.2, -0.15) is 17.0 Å². The van der Waals surface area contributed by atoms with Crippen LogP contribution in [0.3, 0.4) is 0 Å². The van der Waals surface area contributed by atoms with Gasteiger partial charge in [0, 0.05) is 32.2 Å². The molecule has 2 heterocycles. The monoisotopic (exact) mass is 261 g/mol. The first-order chi connectivity index (χ1) is 8.01. The maximum absolute atomic E-state index is 12.3. The van der Waals surface area contributed by atoms with Crippen molar-refractivity contribution in [3.63, 3.8) is 0 Å². The lowest BCUT2D eigenvalue weighted by molar-refractivity contribution is 0.239. The van der Waals surface area contributed by atoms with Gasteiger partial charge in [-0.1, -0.05) is 0 Å². The van der Waals surface area contributed by atoms with Crippen molar-refractivity contribution in [2.24, 2.45) is 11.7 Å². The Labute approximate surface area is 104 Å². The predicted molar refractivity (Wildman–Crippen MR) is 67.7 cm³/mol. The second kappa shape index (κ2) is 5.22. The lowest BCUT2D eigenvalue weighted by Crippen LogP contribution is -2.47. The summed E-state index contributed by atoms with van der Waals surface area (Å²) in [6, 6.07) is 0.173. The first-order valence-corrected chi connectivity index (χ1v) is 7.92. The van der Waals surface area contributed by atoms with Gasteiger partial charge in [-0.05, 0) is 38.5 Å². The molecular weight excluding hydrogens is 238 g/mol. The Hall–Kier alpha value is -0.170. The second-order valence-electron chi connectivity index (χ2n) is 5.21. The van der Waals surface area contributed by atoms with E-state index in [1.54, 1.807) is 8.61 Å². The van der Waals surface area contributed by atoms with Crippen molar-refractivity contribution < 1.29 is 8.42 Å². The summed E-state index contributed by atoms with van der Waals surface area (Å²) in [6.07, 6.45) is 3.78. The normalized spacial score (nSPS) is 27.4. The van der Waals surface area contributed by atoms with E-state index < -0.39 is 10.2 Å². The molecule has 0 radical (unpaired) electrons. The highest BCUT2D eigenvalue weighted by atomic mass is 32.2. The van der Waals surface area contributed by atoms with Crippen molar-refractivity contribution in [2.45, 2.75) is 38.6 Å². The van der Waals surface area contributed by atoms with E-state index in [9.17, 15) is 8.42 Å². The van der Waals surface area contributed by atoms with E-state index in [-0.39, 0.29) is 6.04 Å². The van der Waals surface area contributed by atoms with Gasteiger partial charge in [-0.15, -0.1) is 0 Å². The van der Waals surface area contributed by atoms with Crippen molar-refractivity contribution in [3.8, 4) is 0 Å². The molecule has 0 amide bonds. The van der Waals surface area contributed by atoms with Gasteiger partial charge >= 0.3 is 0 Å². The van der Waals surface area contributed by atoms with Gasteiger partial charge in [0.05, 0.1) is 0 Å². The summed E-state index contributed by atoms with van der Waals surface area (Å²) in [4.78, 5) is 0. The molecule has 2 saturated heterocycles. The molecule has 1 atom stereocenters. The first-order valence-electron chi connectivity index (χ1n) is 6.52. The number of hydrogen-bond acceptors (Lipinski definition) is 3. The van der Waals surface area contributed by atoms with Crippen molar-refractivity contribution >= 4 is 10.2 Å². The summed E-state index contributed by atoms with van der Waals surface area (Å²) < 4.78 is 27.8. The number of nitrogens with two attached hydrogens (primary N) is 1. The fourth-order valence-electron chi connectivity index (χ4n) is 2.71. The quantitative estimate of drug-likeness (QED) is 0.799. The molecule has 0 bridgehead atoms. The van der Waals surface area contributed by atoms with Gasteiger partial charge in [-0.25, -0.2) is 0 Å². The van der Waals surface area contributed by atoms with Gasteiger partial charge in [0.25, 0.3) is 10.2 Å². The summed E-state index contributed by atoms with van der Waals surface area (Å²) in [6.45, 7) is 4.65. The molecule has 2 aliphatic rings. The molecule has 2 rings (SSSR count). The highest BCUT2D eigenvalue weighted by Gasteiger charge is 2.34. The van der Waals surface area contributed by atoms with Crippen LogP contribution in [0.2, 0.25) is 0 Å². The van der Waals surface area contributed by atoms with Crippen LogP contribution in [0.4, 0.5) is 0 Å². The standard InChI is InChI=1S/C11H23N3O2S/c1-10(12)11-4-8-14(9-5-11)17(15,16)13-6-2-3-7-13/h10-11H,2-9,12H2,1H3. The smallest absolute Gasteiger partial charge is 0.281 e. The number of rotatable bonds is 3. The lowest BCUT2D eigenvalue weighted by Gasteiger charge is -2.34. The van der Waals surface area contributed by atoms with Crippen LogP contribution in [-0.2, 0) is 10.2 Å². The van der Waals surface area contributed by atoms with Crippen LogP contribution in [0.5, 0.6) is 0 Å². The third-order valence-corrected chi connectivity index (χ3v) is 6.00. The predicted octanol–water partition coefficient (Wildman–Crippen LogP) is 0.386. The van der Waals surface area contributed by atoms with E-state index in [1.165, 1.54) is 0 Å². The Bertz CT molecular complexity index is 342. The first kappa shape index (κ1) is 13.3. The van der Waals surface area contributed by atoms with Gasteiger partial charge in [0.15, 0.2) is 0 Å². The highest BCUT2D eigenvalue weighted by Crippen LogP contribution is 2.24. The van der Waals surface area contributed by atoms with Crippen molar-refractivity contribution in [1.82, 2.24) is 8.61 Å². The molecule has 1 unspecified atom stereocenters. The van der Waals surface area contributed by atoms with Crippen LogP contribution in [0.1, 0.15) is 32.6 Å². The molecule has 0 aromatic heterocycles. The molecule has 0 aliphatic carbocycles. The molecule has 5 nitrogen and oxygen atoms in total. The maximum Gasteiger partial charge on any atom is 0.281 e. The molecule has 0 aromatic rings. The molecule has 0 spiro atoms. The van der Waals surface area contributed by atoms with Crippen molar-refractivity contribution in [1.29, 1.82) is 0 Å². The Morgan fingerprint density at radius 2 is 1.53 bits per heavy atom. The minimum atomic E-state index is -3.19. The lowest BCUT2D eigenvalue weighted by atomic mass is 9.92. The van der Waals surface area contributed by atoms with Gasteiger partial charge in [-0.3, -0.25) is 0 Å². The van der Waals surface area contributed by atoms with Gasteiger partial charge in [0.1, 0.15) is 0 Å². The minimum Gasteiger partial charge on any atom is -0.328 e. The third kappa shape index (κ3) is 2.81. The third-order valence-electron chi connectivity index (χ3n) is 3.96. The summed E-state index contributed by atoms with van der Waals surface area (Å²) in [5, 5.41) is 0. The average Bonchev–Trinajstić information content (AvgIpc) is 2.83. The molecule has 2 N–H and O–H groups in total. The van der Waals surface area contributed by atoms with Crippen LogP contribution in [-0.4, -0.2) is 49.2 Å². The van der Waals surface area contributed by atoms with Gasteiger partial charge < -0.3 is 5.73 Å². The van der Waals surface area contributed by atoms with Crippen molar-refractivity contribution in [3.05, 3.63) is 0 Å². The van der Waals surface area contributed by atoms with E-state index in [1.807, 2.05) is 6.92 Å². The number of hydrogen-bond donors (Lipinski definition) is 1. The maximum atomic E-state index is 12.3. The van der Waals surface area contributed by atoms with Crippen molar-refractivity contribution in [2.75, 3.05) is 26.2 Å². The molecule has 0 aromatic carbocycles. The number of piperidine rings is 1. The molecule has 6 heteroatoms. The summed E-state index contributed by atoms with van der Waals surface area (Å²) in [7, 11) is -3.19. The topological polar surface area (TPSA) is 66.6 Å². The Kier molecular flexibility index (Phi) is 4.07. The van der Waals surface area contributed by atoms with Gasteiger partial charge in [0.2, 0.25) is 0 Å². The average molecular weight is 261 g/mol. The van der Waals surface area contributed by atoms with E-state index in [2.05, 4.69) is 0 Å². The summed E-state index contributed by atoms with van der Waals surface area (Å²) >= 11 is 0. The van der Waals surface area contributed by atoms with E-state index in [0.717, 1.165) is 25.7 Å². The zero-order valence-electron chi connectivity index (χ0n) is 10.5. The van der Waals surface area contributed by atoms with Crippen LogP contribution < -0.4 is 5.73 Å². The van der Waals surface area contributed by atoms with Crippen LogP contribution in [0.25, 0.3) is 0 Å². The van der Waals surface area contributed by atoms with E-state index in [4.69, 9.17) is 5.73 Å². The minimum absolute atomic E-state index is 0.173. The van der Waals surface area contributed by atoms with Crippen LogP contribution >= 0.6 is 0 Å². The molecular formula is C11H23N3O2S. The molecule has 2 fully saturated rings. The molecule has 2 aliphatic heterocycles. The van der Waals surface area contributed by atoms with E-state index in [0.29, 0.717) is 32.1 Å². The van der Waals surface area contributed by atoms with E-state index >= 15 is 0 Å². The zero-order valence-corrected chi connectivity index (χ0v) is 11.3. The fraction of sp³-hybridized carbons (Fsp3) is 1.00. The number of nitrogens with zero attached hydrogens (tertiary/aromatic N) is 2. The largest absolute Gasteiger partial charge is 0.328 e.